The molecule has 0 saturated carbocycles. The Bertz CT molecular complexity index is 184. The predicted molar refractivity (Wildman–Crippen MR) is 47.7 cm³/mol. The van der Waals surface area contributed by atoms with Crippen LogP contribution in [0.25, 0.3) is 0 Å². The fourth-order valence-electron chi connectivity index (χ4n) is 1.41. The van der Waals surface area contributed by atoms with Crippen LogP contribution in [0, 0.1) is 11.8 Å². The van der Waals surface area contributed by atoms with Gasteiger partial charge in [0.2, 0.25) is 0 Å². The van der Waals surface area contributed by atoms with Crippen molar-refractivity contribution in [1.82, 2.24) is 0 Å². The van der Waals surface area contributed by atoms with E-state index in [9.17, 15) is 4.79 Å². The zero-order valence-corrected chi connectivity index (χ0v) is 7.75. The summed E-state index contributed by atoms with van der Waals surface area (Å²) in [5.41, 5.74) is 0. The maximum absolute atomic E-state index is 11.1. The second kappa shape index (κ2) is 4.29. The average Bonchev–Trinajstić information content (AvgIpc) is 2.35. The summed E-state index contributed by atoms with van der Waals surface area (Å²) in [6, 6.07) is 0. The van der Waals surface area contributed by atoms with Crippen LogP contribution in [-0.2, 0) is 9.53 Å². The van der Waals surface area contributed by atoms with Crippen LogP contribution in [0.4, 0.5) is 0 Å². The van der Waals surface area contributed by atoms with Crippen molar-refractivity contribution in [2.75, 3.05) is 6.61 Å². The first-order valence-corrected chi connectivity index (χ1v) is 4.57. The van der Waals surface area contributed by atoms with Crippen molar-refractivity contribution in [3.63, 3.8) is 0 Å². The number of esters is 1. The maximum atomic E-state index is 11.1. The highest BCUT2D eigenvalue weighted by molar-refractivity contribution is 5.74. The van der Waals surface area contributed by atoms with E-state index in [1.807, 2.05) is 0 Å². The Morgan fingerprint density at radius 2 is 2.33 bits per heavy atom. The third-order valence-electron chi connectivity index (χ3n) is 2.27. The van der Waals surface area contributed by atoms with Gasteiger partial charge in [0.25, 0.3) is 0 Å². The molecule has 1 heterocycles. The highest BCUT2D eigenvalue weighted by atomic mass is 16.5. The van der Waals surface area contributed by atoms with E-state index in [1.165, 1.54) is 0 Å². The molecule has 0 aromatic rings. The van der Waals surface area contributed by atoms with Gasteiger partial charge in [-0.15, -0.1) is 0 Å². The zero-order chi connectivity index (χ0) is 8.97. The molecule has 0 aliphatic carbocycles. The SMILES string of the molecule is CC/C=C\CC1C(=O)OCC1C. The van der Waals surface area contributed by atoms with E-state index in [2.05, 4.69) is 26.0 Å². The van der Waals surface area contributed by atoms with E-state index in [4.69, 9.17) is 4.74 Å². The molecule has 12 heavy (non-hydrogen) atoms. The van der Waals surface area contributed by atoms with E-state index < -0.39 is 0 Å². The molecular weight excluding hydrogens is 152 g/mol. The molecule has 0 amide bonds. The normalized spacial score (nSPS) is 29.7. The van der Waals surface area contributed by atoms with Crippen molar-refractivity contribution >= 4 is 5.97 Å². The molecule has 0 aromatic heterocycles. The van der Waals surface area contributed by atoms with Gasteiger partial charge in [-0.2, -0.15) is 0 Å². The maximum Gasteiger partial charge on any atom is 0.309 e. The van der Waals surface area contributed by atoms with Crippen molar-refractivity contribution in [2.24, 2.45) is 11.8 Å². The van der Waals surface area contributed by atoms with Gasteiger partial charge in [-0.1, -0.05) is 26.0 Å². The molecule has 0 spiro atoms. The summed E-state index contributed by atoms with van der Waals surface area (Å²) in [7, 11) is 0. The third kappa shape index (κ3) is 2.10. The van der Waals surface area contributed by atoms with Gasteiger partial charge < -0.3 is 4.74 Å². The number of ether oxygens (including phenoxy) is 1. The zero-order valence-electron chi connectivity index (χ0n) is 7.75. The molecule has 1 rings (SSSR count). The molecule has 1 aliphatic rings. The second-order valence-corrected chi connectivity index (χ2v) is 3.33. The van der Waals surface area contributed by atoms with Crippen LogP contribution in [0.2, 0.25) is 0 Å². The van der Waals surface area contributed by atoms with Crippen LogP contribution in [0.1, 0.15) is 26.7 Å². The molecular formula is C10H16O2. The van der Waals surface area contributed by atoms with Crippen LogP contribution in [0.5, 0.6) is 0 Å². The van der Waals surface area contributed by atoms with E-state index in [1.54, 1.807) is 0 Å². The summed E-state index contributed by atoms with van der Waals surface area (Å²) in [4.78, 5) is 11.1. The lowest BCUT2D eigenvalue weighted by Crippen LogP contribution is -2.12. The molecule has 1 saturated heterocycles. The van der Waals surface area contributed by atoms with Crippen LogP contribution in [0.3, 0.4) is 0 Å². The van der Waals surface area contributed by atoms with E-state index in [0.29, 0.717) is 12.5 Å². The van der Waals surface area contributed by atoms with E-state index >= 15 is 0 Å². The molecule has 68 valence electrons. The molecule has 0 bridgehead atoms. The van der Waals surface area contributed by atoms with Crippen LogP contribution >= 0.6 is 0 Å². The third-order valence-corrected chi connectivity index (χ3v) is 2.27. The van der Waals surface area contributed by atoms with Crippen molar-refractivity contribution in [2.45, 2.75) is 26.7 Å². The first kappa shape index (κ1) is 9.30. The second-order valence-electron chi connectivity index (χ2n) is 3.33. The number of hydrogen-bond donors (Lipinski definition) is 0. The fraction of sp³-hybridized carbons (Fsp3) is 0.700. The lowest BCUT2D eigenvalue weighted by molar-refractivity contribution is -0.141. The average molecular weight is 168 g/mol. The van der Waals surface area contributed by atoms with Gasteiger partial charge in [0.1, 0.15) is 0 Å². The first-order chi connectivity index (χ1) is 5.75. The van der Waals surface area contributed by atoms with Crippen LogP contribution in [-0.4, -0.2) is 12.6 Å². The summed E-state index contributed by atoms with van der Waals surface area (Å²) in [5.74, 6) is 0.468. The molecule has 1 aliphatic heterocycles. The molecule has 0 radical (unpaired) electrons. The Morgan fingerprint density at radius 1 is 1.58 bits per heavy atom. The van der Waals surface area contributed by atoms with Gasteiger partial charge in [0.05, 0.1) is 12.5 Å². The highest BCUT2D eigenvalue weighted by Gasteiger charge is 2.32. The summed E-state index contributed by atoms with van der Waals surface area (Å²) in [5, 5.41) is 0. The number of hydrogen-bond acceptors (Lipinski definition) is 2. The Balaban J connectivity index is 2.39. The van der Waals surface area contributed by atoms with Gasteiger partial charge in [-0.3, -0.25) is 4.79 Å². The minimum absolute atomic E-state index is 0.0248. The standard InChI is InChI=1S/C10H16O2/c1-3-4-5-6-9-8(2)7-12-10(9)11/h4-5,8-9H,3,6-7H2,1-2H3/b5-4-. The fourth-order valence-corrected chi connectivity index (χ4v) is 1.41. The van der Waals surface area contributed by atoms with Crippen molar-refractivity contribution < 1.29 is 9.53 Å². The number of carbonyl (C=O) groups excluding carboxylic acids is 1. The number of allylic oxidation sites excluding steroid dienone is 2. The lowest BCUT2D eigenvalue weighted by atomic mass is 9.94. The van der Waals surface area contributed by atoms with Gasteiger partial charge in [0, 0.05) is 5.92 Å². The van der Waals surface area contributed by atoms with Crippen LogP contribution < -0.4 is 0 Å². The summed E-state index contributed by atoms with van der Waals surface area (Å²) >= 11 is 0. The molecule has 2 atom stereocenters. The molecule has 2 nitrogen and oxygen atoms in total. The van der Waals surface area contributed by atoms with Crippen molar-refractivity contribution in [3.05, 3.63) is 12.2 Å². The monoisotopic (exact) mass is 168 g/mol. The Labute approximate surface area is 73.6 Å². The predicted octanol–water partition coefficient (Wildman–Crippen LogP) is 2.15. The minimum atomic E-state index is -0.0248. The van der Waals surface area contributed by atoms with Gasteiger partial charge in [0.15, 0.2) is 0 Å². The van der Waals surface area contributed by atoms with Crippen molar-refractivity contribution in [3.8, 4) is 0 Å². The molecule has 0 N–H and O–H groups in total. The molecule has 2 heteroatoms. The van der Waals surface area contributed by atoms with E-state index in [0.717, 1.165) is 12.8 Å². The molecule has 0 aromatic carbocycles. The number of cyclic esters (lactones) is 1. The van der Waals surface area contributed by atoms with Crippen LogP contribution in [0.15, 0.2) is 12.2 Å². The summed E-state index contributed by atoms with van der Waals surface area (Å²) in [6.45, 7) is 4.76. The van der Waals surface area contributed by atoms with Gasteiger partial charge >= 0.3 is 5.97 Å². The number of carbonyl (C=O) groups is 1. The smallest absolute Gasteiger partial charge is 0.309 e. The summed E-state index contributed by atoms with van der Waals surface area (Å²) in [6.07, 6.45) is 6.05. The topological polar surface area (TPSA) is 26.3 Å². The first-order valence-electron chi connectivity index (χ1n) is 4.57. The van der Waals surface area contributed by atoms with E-state index in [-0.39, 0.29) is 11.9 Å². The summed E-state index contributed by atoms with van der Waals surface area (Å²) < 4.78 is 4.94. The Kier molecular flexibility index (Phi) is 3.32. The van der Waals surface area contributed by atoms with Gasteiger partial charge in [-0.05, 0) is 12.8 Å². The highest BCUT2D eigenvalue weighted by Crippen LogP contribution is 2.24. The van der Waals surface area contributed by atoms with Crippen molar-refractivity contribution in [1.29, 1.82) is 0 Å². The Hall–Kier alpha value is -0.790. The minimum Gasteiger partial charge on any atom is -0.465 e. The largest absolute Gasteiger partial charge is 0.465 e. The van der Waals surface area contributed by atoms with Gasteiger partial charge in [-0.25, -0.2) is 0 Å². The quantitative estimate of drug-likeness (QED) is 0.477. The lowest BCUT2D eigenvalue weighted by Gasteiger charge is -2.05. The molecule has 2 unspecified atom stereocenters. The number of rotatable bonds is 3. The molecule has 1 fully saturated rings. The Morgan fingerprint density at radius 3 is 2.83 bits per heavy atom.